The number of hydrogen-bond acceptors (Lipinski definition) is 7. The van der Waals surface area contributed by atoms with Crippen LogP contribution < -0.4 is 0 Å². The average Bonchev–Trinajstić information content (AvgIpc) is 2.47. The molecule has 8 nitrogen and oxygen atoms in total. The quantitative estimate of drug-likeness (QED) is 0.332. The number of nitro groups is 1. The molecule has 1 aromatic carbocycles. The van der Waals surface area contributed by atoms with Crippen molar-refractivity contribution in [3.8, 4) is 11.5 Å². The molecule has 0 amide bonds. The van der Waals surface area contributed by atoms with Crippen molar-refractivity contribution in [2.75, 3.05) is 0 Å². The van der Waals surface area contributed by atoms with Gasteiger partial charge in [-0.2, -0.15) is 13.2 Å². The summed E-state index contributed by atoms with van der Waals surface area (Å²) in [5.74, 6) is -3.46. The molecular weight excluding hydrogens is 337 g/mol. The standard InChI is InChI=1S/C13H9F3N2O6/c14-13(15,16)12-7(2-1-3-17(12)22)10(20)6-4-8(18(23)24)11(21)9(19)5-6/h1-5,12,19,21-22H. The van der Waals surface area contributed by atoms with Crippen molar-refractivity contribution in [1.29, 1.82) is 0 Å². The number of halogens is 3. The predicted molar refractivity (Wildman–Crippen MR) is 71.4 cm³/mol. The molecule has 1 heterocycles. The van der Waals surface area contributed by atoms with Gasteiger partial charge in [-0.3, -0.25) is 20.1 Å². The Kier molecular flexibility index (Phi) is 4.21. The molecule has 1 atom stereocenters. The second-order valence-electron chi connectivity index (χ2n) is 4.74. The van der Waals surface area contributed by atoms with Crippen molar-refractivity contribution in [1.82, 2.24) is 5.06 Å². The lowest BCUT2D eigenvalue weighted by atomic mass is 9.94. The molecule has 0 aromatic heterocycles. The Balaban J connectivity index is 2.54. The number of allylic oxidation sites excluding steroid dienone is 2. The summed E-state index contributed by atoms with van der Waals surface area (Å²) in [6, 6.07) is -1.55. The summed E-state index contributed by atoms with van der Waals surface area (Å²) in [7, 11) is 0. The van der Waals surface area contributed by atoms with E-state index < -0.39 is 51.2 Å². The Labute approximate surface area is 131 Å². The van der Waals surface area contributed by atoms with Crippen molar-refractivity contribution in [2.45, 2.75) is 12.2 Å². The van der Waals surface area contributed by atoms with Crippen LogP contribution in [0.25, 0.3) is 0 Å². The number of Topliss-reactive ketones (excluding diaryl/α,β-unsaturated/α-hetero) is 1. The maximum absolute atomic E-state index is 13.0. The van der Waals surface area contributed by atoms with Gasteiger partial charge in [-0.15, -0.1) is 0 Å². The third-order valence-corrected chi connectivity index (χ3v) is 3.17. The molecule has 0 radical (unpaired) electrons. The van der Waals surface area contributed by atoms with Crippen molar-refractivity contribution < 1.29 is 38.3 Å². The minimum absolute atomic E-state index is 0.220. The minimum Gasteiger partial charge on any atom is -0.504 e. The molecule has 11 heteroatoms. The molecule has 0 saturated carbocycles. The Morgan fingerprint density at radius 1 is 1.29 bits per heavy atom. The minimum atomic E-state index is -5.01. The Bertz CT molecular complexity index is 772. The Morgan fingerprint density at radius 3 is 2.46 bits per heavy atom. The summed E-state index contributed by atoms with van der Waals surface area (Å²) in [4.78, 5) is 21.9. The molecule has 24 heavy (non-hydrogen) atoms. The van der Waals surface area contributed by atoms with Crippen LogP contribution in [-0.4, -0.2) is 43.4 Å². The topological polar surface area (TPSA) is 124 Å². The van der Waals surface area contributed by atoms with Gasteiger partial charge < -0.3 is 10.2 Å². The van der Waals surface area contributed by atoms with Crippen LogP contribution in [0.5, 0.6) is 11.5 Å². The fraction of sp³-hybridized carbons (Fsp3) is 0.154. The molecule has 1 aliphatic heterocycles. The highest BCUT2D eigenvalue weighted by atomic mass is 19.4. The number of phenols is 2. The fourth-order valence-electron chi connectivity index (χ4n) is 2.12. The highest BCUT2D eigenvalue weighted by molar-refractivity contribution is 6.10. The Hall–Kier alpha value is -3.08. The predicted octanol–water partition coefficient (Wildman–Crippen LogP) is 2.26. The van der Waals surface area contributed by atoms with Crippen LogP contribution in [0.15, 0.2) is 36.1 Å². The van der Waals surface area contributed by atoms with E-state index in [1.165, 1.54) is 0 Å². The molecule has 0 saturated heterocycles. The van der Waals surface area contributed by atoms with Gasteiger partial charge in [0.05, 0.1) is 4.92 Å². The largest absolute Gasteiger partial charge is 0.504 e. The molecule has 128 valence electrons. The van der Waals surface area contributed by atoms with Gasteiger partial charge in [0.15, 0.2) is 17.6 Å². The van der Waals surface area contributed by atoms with Crippen LogP contribution in [0, 0.1) is 10.1 Å². The number of hydroxylamine groups is 2. The maximum Gasteiger partial charge on any atom is 0.415 e. The van der Waals surface area contributed by atoms with Crippen LogP contribution in [0.4, 0.5) is 18.9 Å². The maximum atomic E-state index is 13.0. The van der Waals surface area contributed by atoms with E-state index in [9.17, 15) is 43.5 Å². The van der Waals surface area contributed by atoms with Gasteiger partial charge in [0.2, 0.25) is 5.75 Å². The summed E-state index contributed by atoms with van der Waals surface area (Å²) in [6.45, 7) is 0. The number of carbonyl (C=O) groups is 1. The van der Waals surface area contributed by atoms with Crippen LogP contribution in [0.3, 0.4) is 0 Å². The summed E-state index contributed by atoms with van der Waals surface area (Å²) < 4.78 is 39.1. The van der Waals surface area contributed by atoms with Crippen molar-refractivity contribution in [3.05, 3.63) is 51.7 Å². The Morgan fingerprint density at radius 2 is 1.92 bits per heavy atom. The number of carbonyl (C=O) groups excluding carboxylic acids is 1. The molecule has 3 N–H and O–H groups in total. The van der Waals surface area contributed by atoms with E-state index in [1.807, 2.05) is 0 Å². The lowest BCUT2D eigenvalue weighted by molar-refractivity contribution is -0.386. The zero-order valence-electron chi connectivity index (χ0n) is 11.6. The van der Waals surface area contributed by atoms with E-state index in [0.717, 1.165) is 12.2 Å². The molecule has 0 bridgehead atoms. The normalized spacial score (nSPS) is 17.6. The second-order valence-corrected chi connectivity index (χ2v) is 4.74. The lowest BCUT2D eigenvalue weighted by Crippen LogP contribution is -2.45. The highest BCUT2D eigenvalue weighted by Gasteiger charge is 2.48. The highest BCUT2D eigenvalue weighted by Crippen LogP contribution is 2.38. The van der Waals surface area contributed by atoms with Crippen LogP contribution in [0.1, 0.15) is 10.4 Å². The van der Waals surface area contributed by atoms with Crippen LogP contribution >= 0.6 is 0 Å². The summed E-state index contributed by atoms with van der Waals surface area (Å²) in [6.07, 6.45) is -2.55. The smallest absolute Gasteiger partial charge is 0.415 e. The first-order chi connectivity index (χ1) is 11.0. The van der Waals surface area contributed by atoms with Gasteiger partial charge in [0.25, 0.3) is 0 Å². The number of hydrogen-bond donors (Lipinski definition) is 3. The van der Waals surface area contributed by atoms with Gasteiger partial charge in [0, 0.05) is 23.4 Å². The van der Waals surface area contributed by atoms with Gasteiger partial charge in [-0.05, 0) is 12.1 Å². The van der Waals surface area contributed by atoms with E-state index in [0.29, 0.717) is 18.3 Å². The van der Waals surface area contributed by atoms with Crippen LogP contribution in [-0.2, 0) is 0 Å². The van der Waals surface area contributed by atoms with E-state index in [1.54, 1.807) is 0 Å². The summed E-state index contributed by atoms with van der Waals surface area (Å²) in [5, 5.41) is 38.7. The molecule has 0 spiro atoms. The molecule has 1 unspecified atom stereocenters. The molecule has 0 aliphatic carbocycles. The number of rotatable bonds is 3. The van der Waals surface area contributed by atoms with Gasteiger partial charge in [-0.1, -0.05) is 6.08 Å². The first kappa shape index (κ1) is 17.3. The van der Waals surface area contributed by atoms with E-state index in [4.69, 9.17) is 0 Å². The molecule has 2 rings (SSSR count). The number of benzene rings is 1. The number of phenolic OH excluding ortho intramolecular Hbond substituents is 2. The number of nitrogens with zero attached hydrogens (tertiary/aromatic N) is 2. The lowest BCUT2D eigenvalue weighted by Gasteiger charge is -2.30. The monoisotopic (exact) mass is 346 g/mol. The average molecular weight is 346 g/mol. The first-order valence-corrected chi connectivity index (χ1v) is 6.21. The van der Waals surface area contributed by atoms with E-state index >= 15 is 0 Å². The van der Waals surface area contributed by atoms with Crippen LogP contribution in [0.2, 0.25) is 0 Å². The third kappa shape index (κ3) is 3.01. The molecular formula is C13H9F3N2O6. The zero-order valence-corrected chi connectivity index (χ0v) is 11.6. The first-order valence-electron chi connectivity index (χ1n) is 6.21. The summed E-state index contributed by atoms with van der Waals surface area (Å²) >= 11 is 0. The van der Waals surface area contributed by atoms with E-state index in [-0.39, 0.29) is 5.06 Å². The summed E-state index contributed by atoms with van der Waals surface area (Å²) in [5.41, 5.74) is -2.61. The third-order valence-electron chi connectivity index (χ3n) is 3.17. The van der Waals surface area contributed by atoms with Crippen molar-refractivity contribution in [2.24, 2.45) is 0 Å². The molecule has 0 fully saturated rings. The fourth-order valence-corrected chi connectivity index (χ4v) is 2.12. The van der Waals surface area contributed by atoms with Gasteiger partial charge in [-0.25, -0.2) is 5.06 Å². The zero-order chi connectivity index (χ0) is 18.2. The number of nitro benzene ring substituents is 1. The van der Waals surface area contributed by atoms with Gasteiger partial charge >= 0.3 is 11.9 Å². The number of aromatic hydroxyl groups is 2. The number of alkyl halides is 3. The van der Waals surface area contributed by atoms with Crippen molar-refractivity contribution >= 4 is 11.5 Å². The second kappa shape index (κ2) is 5.85. The van der Waals surface area contributed by atoms with Crippen molar-refractivity contribution in [3.63, 3.8) is 0 Å². The SMILES string of the molecule is O=C(C1=CC=CN(O)C1C(F)(F)F)c1cc(O)c(O)c([N+](=O)[O-])c1. The molecule has 1 aromatic rings. The number of ketones is 1. The van der Waals surface area contributed by atoms with Gasteiger partial charge in [0.1, 0.15) is 0 Å². The van der Waals surface area contributed by atoms with E-state index in [2.05, 4.69) is 0 Å². The molecule has 1 aliphatic rings.